The van der Waals surface area contributed by atoms with Gasteiger partial charge >= 0.3 is 5.97 Å². The first-order valence-electron chi connectivity index (χ1n) is 7.93. The predicted molar refractivity (Wildman–Crippen MR) is 171 cm³/mol. The summed E-state index contributed by atoms with van der Waals surface area (Å²) >= 11 is 129. The Morgan fingerprint density at radius 2 is 0.703 bits per heavy atom. The first-order chi connectivity index (χ1) is 15.6. The molecular formula is C14H5Cl21O2. The maximum atomic E-state index is 12.3. The molecule has 0 saturated carbocycles. The molecule has 0 spiro atoms. The van der Waals surface area contributed by atoms with Crippen LogP contribution in [-0.4, -0.2) is 48.9 Å². The van der Waals surface area contributed by atoms with E-state index < -0.39 is 48.9 Å². The summed E-state index contributed by atoms with van der Waals surface area (Å²) < 4.78 is -23.4. The first kappa shape index (κ1) is 42.3. The van der Waals surface area contributed by atoms with E-state index >= 15 is 0 Å². The van der Waals surface area contributed by atoms with Crippen LogP contribution in [0.15, 0.2) is 12.2 Å². The summed E-state index contributed by atoms with van der Waals surface area (Å²) in [7, 11) is 0. The monoisotopic (exact) mass is 939 g/mol. The van der Waals surface area contributed by atoms with Crippen molar-refractivity contribution in [3.05, 3.63) is 12.2 Å². The van der Waals surface area contributed by atoms with Gasteiger partial charge in [0.2, 0.25) is 16.3 Å². The van der Waals surface area contributed by atoms with Crippen molar-refractivity contribution in [1.29, 1.82) is 0 Å². The molecule has 0 aliphatic heterocycles. The van der Waals surface area contributed by atoms with E-state index in [2.05, 4.69) is 6.58 Å². The van der Waals surface area contributed by atoms with E-state index in [1.807, 2.05) is 0 Å². The molecule has 0 rings (SSSR count). The summed E-state index contributed by atoms with van der Waals surface area (Å²) in [4.78, 5) is 12.3. The summed E-state index contributed by atoms with van der Waals surface area (Å²) in [5.74, 6) is -1.31. The van der Waals surface area contributed by atoms with Gasteiger partial charge in [0.1, 0.15) is 0 Å². The van der Waals surface area contributed by atoms with E-state index in [4.69, 9.17) is 248 Å². The zero-order valence-electron chi connectivity index (χ0n) is 16.5. The maximum Gasteiger partial charge on any atom is 0.335 e. The van der Waals surface area contributed by atoms with E-state index in [1.54, 1.807) is 0 Å². The Hall–Kier alpha value is 5.30. The third kappa shape index (κ3) is 7.02. The average Bonchev–Trinajstić information content (AvgIpc) is 2.64. The average molecular weight is 950 g/mol. The van der Waals surface area contributed by atoms with Crippen molar-refractivity contribution >= 4 is 250 Å². The van der Waals surface area contributed by atoms with Crippen molar-refractivity contribution in [3.63, 3.8) is 0 Å². The molecule has 23 heteroatoms. The summed E-state index contributed by atoms with van der Waals surface area (Å²) in [6.07, 6.45) is 0. The highest BCUT2D eigenvalue weighted by atomic mass is 35.6. The second kappa shape index (κ2) is 12.8. The Kier molecular flexibility index (Phi) is 14.7. The highest BCUT2D eigenvalue weighted by Gasteiger charge is 2.84. The number of carbonyl (C=O) groups is 1. The summed E-state index contributed by atoms with van der Waals surface area (Å²) in [5, 5.41) is -3.26. The lowest BCUT2D eigenvalue weighted by Gasteiger charge is -2.56. The van der Waals surface area contributed by atoms with Gasteiger partial charge in [0.25, 0.3) is 5.06 Å². The fourth-order valence-electron chi connectivity index (χ4n) is 1.88. The van der Waals surface area contributed by atoms with E-state index in [0.717, 1.165) is 0 Å². The fraction of sp³-hybridized carbons (Fsp3) is 0.786. The highest BCUT2D eigenvalue weighted by Crippen LogP contribution is 2.74. The molecular weight excluding hydrogens is 945 g/mol. The number of halogens is 21. The normalized spacial score (nSPS) is 17.4. The second-order valence-corrected chi connectivity index (χ2v) is 21.2. The van der Waals surface area contributed by atoms with Crippen molar-refractivity contribution in [1.82, 2.24) is 0 Å². The van der Waals surface area contributed by atoms with Gasteiger partial charge in [0.15, 0.2) is 21.7 Å². The molecule has 220 valence electrons. The lowest BCUT2D eigenvalue weighted by Crippen LogP contribution is -2.73. The molecule has 1 atom stereocenters. The van der Waals surface area contributed by atoms with Crippen molar-refractivity contribution in [2.45, 2.75) is 49.9 Å². The Labute approximate surface area is 316 Å². The molecule has 0 amide bonds. The molecule has 0 saturated heterocycles. The van der Waals surface area contributed by atoms with Crippen molar-refractivity contribution in [2.75, 3.05) is 0 Å². The third-order valence-electron chi connectivity index (χ3n) is 4.07. The zero-order valence-corrected chi connectivity index (χ0v) is 32.3. The van der Waals surface area contributed by atoms with Crippen LogP contribution in [0.5, 0.6) is 0 Å². The topological polar surface area (TPSA) is 26.3 Å². The van der Waals surface area contributed by atoms with Gasteiger partial charge in [-0.15, -0.1) is 0 Å². The van der Waals surface area contributed by atoms with Gasteiger partial charge < -0.3 is 4.74 Å². The van der Waals surface area contributed by atoms with Crippen molar-refractivity contribution in [2.24, 2.45) is 0 Å². The van der Waals surface area contributed by atoms with Gasteiger partial charge in [0, 0.05) is 5.57 Å². The van der Waals surface area contributed by atoms with E-state index in [1.165, 1.54) is 6.92 Å². The highest BCUT2D eigenvalue weighted by molar-refractivity contribution is 6.83. The molecule has 0 bridgehead atoms. The molecule has 0 fully saturated rings. The smallest absolute Gasteiger partial charge is 0.335 e. The van der Waals surface area contributed by atoms with Crippen LogP contribution in [0, 0.1) is 0 Å². The van der Waals surface area contributed by atoms with E-state index in [0.29, 0.717) is 0 Å². The van der Waals surface area contributed by atoms with Gasteiger partial charge in [-0.25, -0.2) is 4.79 Å². The summed E-state index contributed by atoms with van der Waals surface area (Å²) in [6.45, 7) is 4.50. The molecule has 1 unspecified atom stereocenters. The van der Waals surface area contributed by atoms with Crippen LogP contribution < -0.4 is 0 Å². The van der Waals surface area contributed by atoms with Crippen LogP contribution >= 0.6 is 244 Å². The molecule has 0 radical (unpaired) electrons. The lowest BCUT2D eigenvalue weighted by molar-refractivity contribution is -0.148. The standard InChI is InChI=1S/C14H5Cl21O2/c1-3(2)4(36)37-12(29,14(33,34)35)10(25,26)8(21,22)6(17,18)5(15,16)7(19,20)9(23,24)11(27,28)13(30,31)32/h1H2,2H3. The van der Waals surface area contributed by atoms with E-state index in [-0.39, 0.29) is 5.57 Å². The molecule has 0 aromatic rings. The van der Waals surface area contributed by atoms with Crippen LogP contribution in [0.1, 0.15) is 6.92 Å². The number of carbonyl (C=O) groups excluding carboxylic acids is 1. The van der Waals surface area contributed by atoms with Gasteiger partial charge in [-0.2, -0.15) is 0 Å². The molecule has 0 aromatic carbocycles. The van der Waals surface area contributed by atoms with Gasteiger partial charge in [0.05, 0.1) is 0 Å². The second-order valence-electron chi connectivity index (χ2n) is 6.78. The van der Waals surface area contributed by atoms with Crippen LogP contribution in [0.25, 0.3) is 0 Å². The minimum absolute atomic E-state index is 0.285. The first-order valence-corrected chi connectivity index (χ1v) is 15.9. The number of alkyl halides is 21. The molecule has 0 aromatic heterocycles. The quantitative estimate of drug-likeness (QED) is 0.131. The zero-order chi connectivity index (χ0) is 30.9. The van der Waals surface area contributed by atoms with Gasteiger partial charge in [-0.3, -0.25) is 0 Å². The minimum Gasteiger partial charge on any atom is -0.432 e. The minimum atomic E-state index is -3.35. The Morgan fingerprint density at radius 3 is 0.919 bits per heavy atom. The molecule has 2 nitrogen and oxygen atoms in total. The molecule has 0 N–H and O–H groups in total. The molecule has 0 aliphatic carbocycles. The summed E-state index contributed by atoms with van der Waals surface area (Å²) in [5.41, 5.74) is -0.285. The Morgan fingerprint density at radius 1 is 0.459 bits per heavy atom. The predicted octanol–water partition coefficient (Wildman–Crippen LogP) is 13.0. The van der Waals surface area contributed by atoms with Crippen LogP contribution in [0.2, 0.25) is 0 Å². The largest absolute Gasteiger partial charge is 0.432 e. The molecule has 0 aliphatic rings. The maximum absolute atomic E-state index is 12.3. The molecule has 0 heterocycles. The third-order valence-corrected chi connectivity index (χ3v) is 17.7. The van der Waals surface area contributed by atoms with Gasteiger partial charge in [-0.05, 0) is 6.92 Å². The number of esters is 1. The van der Waals surface area contributed by atoms with E-state index in [9.17, 15) is 4.79 Å². The van der Waals surface area contributed by atoms with Crippen LogP contribution in [-0.2, 0) is 9.53 Å². The number of hydrogen-bond acceptors (Lipinski definition) is 2. The lowest BCUT2D eigenvalue weighted by atomic mass is 10.0. The van der Waals surface area contributed by atoms with Gasteiger partial charge in [-0.1, -0.05) is 250 Å². The van der Waals surface area contributed by atoms with Crippen molar-refractivity contribution < 1.29 is 9.53 Å². The van der Waals surface area contributed by atoms with Crippen LogP contribution in [0.4, 0.5) is 0 Å². The number of hydrogen-bond donors (Lipinski definition) is 0. The SMILES string of the molecule is C=C(C)C(=O)OC(Cl)(C(Cl)(Cl)Cl)C(Cl)(Cl)C(Cl)(Cl)C(Cl)(Cl)C(Cl)(Cl)C(Cl)(Cl)C(Cl)(Cl)C(Cl)(Cl)C(Cl)(Cl)Cl. The Bertz CT molecular complexity index is 894. The number of ether oxygens (including phenoxy) is 1. The Balaban J connectivity index is 7.28. The fourth-order valence-corrected chi connectivity index (χ4v) is 8.45. The van der Waals surface area contributed by atoms with Crippen molar-refractivity contribution in [3.8, 4) is 0 Å². The van der Waals surface area contributed by atoms with Crippen LogP contribution in [0.3, 0.4) is 0 Å². The number of rotatable bonds is 9. The summed E-state index contributed by atoms with van der Waals surface area (Å²) in [6, 6.07) is 0. The molecule has 37 heavy (non-hydrogen) atoms.